The summed E-state index contributed by atoms with van der Waals surface area (Å²) in [6.45, 7) is 2.24. The summed E-state index contributed by atoms with van der Waals surface area (Å²) in [7, 11) is 0. The molecule has 0 saturated carbocycles. The normalized spacial score (nSPS) is 17.1. The van der Waals surface area contributed by atoms with Crippen molar-refractivity contribution in [2.45, 2.75) is 4.90 Å². The zero-order valence-corrected chi connectivity index (χ0v) is 15.6. The smallest absolute Gasteiger partial charge is 0.242 e. The van der Waals surface area contributed by atoms with E-state index in [0.717, 1.165) is 10.6 Å². The summed E-state index contributed by atoms with van der Waals surface area (Å²) in [5.41, 5.74) is 1.37. The molecule has 2 aliphatic rings. The van der Waals surface area contributed by atoms with Gasteiger partial charge in [-0.2, -0.15) is 0 Å². The molecule has 2 aromatic rings. The second-order valence-corrected chi connectivity index (χ2v) is 7.57. The summed E-state index contributed by atoms with van der Waals surface area (Å²) < 4.78 is 14.0. The minimum Gasteiger partial charge on any atom is -0.366 e. The highest BCUT2D eigenvalue weighted by Gasteiger charge is 2.29. The van der Waals surface area contributed by atoms with E-state index in [1.54, 1.807) is 21.9 Å². The molecule has 140 valence electrons. The van der Waals surface area contributed by atoms with Gasteiger partial charge in [0.15, 0.2) is 0 Å². The molecule has 2 aromatic carbocycles. The highest BCUT2D eigenvalue weighted by molar-refractivity contribution is 8.00. The summed E-state index contributed by atoms with van der Waals surface area (Å²) in [5, 5.41) is 0. The van der Waals surface area contributed by atoms with Crippen LogP contribution in [0.3, 0.4) is 0 Å². The molecule has 0 N–H and O–H groups in total. The number of thioether (sulfide) groups is 1. The Morgan fingerprint density at radius 2 is 1.63 bits per heavy atom. The molecule has 7 heteroatoms. The largest absolute Gasteiger partial charge is 0.366 e. The Labute approximate surface area is 161 Å². The standard InChI is InChI=1S/C20H20FN3O2S/c21-15-5-1-2-6-16(15)22-9-11-23(12-10-22)19(25)13-24-17-7-3-4-8-18(17)27-14-20(24)26/h1-8H,9-14H2. The SMILES string of the molecule is O=C(CN1C(=O)CSc2ccccc21)N1CCN(c2ccccc2F)CC1. The first-order valence-electron chi connectivity index (χ1n) is 8.93. The number of para-hydroxylation sites is 2. The third kappa shape index (κ3) is 3.64. The summed E-state index contributed by atoms with van der Waals surface area (Å²) >= 11 is 1.50. The van der Waals surface area contributed by atoms with Crippen molar-refractivity contribution in [2.75, 3.05) is 48.3 Å². The van der Waals surface area contributed by atoms with Crippen molar-refractivity contribution in [3.63, 3.8) is 0 Å². The zero-order chi connectivity index (χ0) is 18.8. The first-order valence-corrected chi connectivity index (χ1v) is 9.91. The average molecular weight is 385 g/mol. The van der Waals surface area contributed by atoms with E-state index < -0.39 is 0 Å². The van der Waals surface area contributed by atoms with Crippen LogP contribution in [0.15, 0.2) is 53.4 Å². The summed E-state index contributed by atoms with van der Waals surface area (Å²) in [6, 6.07) is 14.3. The lowest BCUT2D eigenvalue weighted by atomic mass is 10.2. The quantitative estimate of drug-likeness (QED) is 0.815. The van der Waals surface area contributed by atoms with Crippen molar-refractivity contribution < 1.29 is 14.0 Å². The first-order chi connectivity index (χ1) is 13.1. The van der Waals surface area contributed by atoms with Crippen LogP contribution in [0, 0.1) is 5.82 Å². The van der Waals surface area contributed by atoms with Crippen LogP contribution in [0.25, 0.3) is 0 Å². The van der Waals surface area contributed by atoms with E-state index in [4.69, 9.17) is 0 Å². The van der Waals surface area contributed by atoms with E-state index in [1.165, 1.54) is 17.8 Å². The van der Waals surface area contributed by atoms with Gasteiger partial charge in [-0.25, -0.2) is 4.39 Å². The fraction of sp³-hybridized carbons (Fsp3) is 0.300. The number of rotatable bonds is 3. The number of anilines is 2. The van der Waals surface area contributed by atoms with E-state index in [1.807, 2.05) is 35.2 Å². The Hall–Kier alpha value is -2.54. The molecule has 0 spiro atoms. The van der Waals surface area contributed by atoms with Gasteiger partial charge in [0.2, 0.25) is 11.8 Å². The number of amides is 2. The van der Waals surface area contributed by atoms with Gasteiger partial charge >= 0.3 is 0 Å². The van der Waals surface area contributed by atoms with Crippen molar-refractivity contribution in [2.24, 2.45) is 0 Å². The monoisotopic (exact) mass is 385 g/mol. The van der Waals surface area contributed by atoms with E-state index in [2.05, 4.69) is 0 Å². The molecule has 0 radical (unpaired) electrons. The van der Waals surface area contributed by atoms with Crippen molar-refractivity contribution in [1.29, 1.82) is 0 Å². The number of carbonyl (C=O) groups is 2. The molecular weight excluding hydrogens is 365 g/mol. The number of hydrogen-bond donors (Lipinski definition) is 0. The Kier molecular flexibility index (Phi) is 5.03. The molecular formula is C20H20FN3O2S. The molecule has 0 bridgehead atoms. The lowest BCUT2D eigenvalue weighted by Gasteiger charge is -2.37. The van der Waals surface area contributed by atoms with Gasteiger partial charge in [-0.15, -0.1) is 11.8 Å². The Balaban J connectivity index is 1.40. The van der Waals surface area contributed by atoms with Crippen molar-refractivity contribution >= 4 is 35.0 Å². The number of hydrogen-bond acceptors (Lipinski definition) is 4. The fourth-order valence-electron chi connectivity index (χ4n) is 3.47. The highest BCUT2D eigenvalue weighted by Crippen LogP contribution is 2.34. The lowest BCUT2D eigenvalue weighted by Crippen LogP contribution is -2.52. The fourth-order valence-corrected chi connectivity index (χ4v) is 4.40. The Morgan fingerprint density at radius 3 is 2.37 bits per heavy atom. The third-order valence-electron chi connectivity index (χ3n) is 4.93. The van der Waals surface area contributed by atoms with Crippen LogP contribution in [0.2, 0.25) is 0 Å². The second-order valence-electron chi connectivity index (χ2n) is 6.56. The lowest BCUT2D eigenvalue weighted by molar-refractivity contribution is -0.131. The van der Waals surface area contributed by atoms with Crippen molar-refractivity contribution in [3.05, 3.63) is 54.3 Å². The predicted octanol–water partition coefficient (Wildman–Crippen LogP) is 2.61. The Bertz CT molecular complexity index is 868. The van der Waals surface area contributed by atoms with Gasteiger partial charge in [0, 0.05) is 31.1 Å². The molecule has 1 saturated heterocycles. The molecule has 0 atom stereocenters. The van der Waals surface area contributed by atoms with Gasteiger partial charge in [-0.3, -0.25) is 9.59 Å². The second kappa shape index (κ2) is 7.60. The molecule has 0 aromatic heterocycles. The number of benzene rings is 2. The van der Waals surface area contributed by atoms with Crippen LogP contribution in [-0.4, -0.2) is 55.2 Å². The molecule has 2 amide bonds. The van der Waals surface area contributed by atoms with Crippen molar-refractivity contribution in [3.8, 4) is 0 Å². The molecule has 4 rings (SSSR count). The molecule has 2 aliphatic heterocycles. The van der Waals surface area contributed by atoms with Crippen LogP contribution in [-0.2, 0) is 9.59 Å². The minimum atomic E-state index is -0.245. The predicted molar refractivity (Wildman–Crippen MR) is 105 cm³/mol. The molecule has 2 heterocycles. The number of halogens is 1. The van der Waals surface area contributed by atoms with Gasteiger partial charge in [-0.05, 0) is 24.3 Å². The minimum absolute atomic E-state index is 0.0444. The summed E-state index contributed by atoms with van der Waals surface area (Å²) in [6.07, 6.45) is 0. The molecule has 5 nitrogen and oxygen atoms in total. The number of piperazine rings is 1. The summed E-state index contributed by atoms with van der Waals surface area (Å²) in [4.78, 5) is 31.4. The number of nitrogens with zero attached hydrogens (tertiary/aromatic N) is 3. The van der Waals surface area contributed by atoms with Gasteiger partial charge in [-0.1, -0.05) is 24.3 Å². The average Bonchev–Trinajstić information content (AvgIpc) is 2.70. The van der Waals surface area contributed by atoms with E-state index in [9.17, 15) is 14.0 Å². The number of fused-ring (bicyclic) bond motifs is 1. The van der Waals surface area contributed by atoms with Crippen LogP contribution >= 0.6 is 11.8 Å². The molecule has 1 fully saturated rings. The van der Waals surface area contributed by atoms with Gasteiger partial charge in [0.1, 0.15) is 12.4 Å². The maximum absolute atomic E-state index is 14.0. The first kappa shape index (κ1) is 17.9. The zero-order valence-electron chi connectivity index (χ0n) is 14.8. The maximum atomic E-state index is 14.0. The molecule has 0 aliphatic carbocycles. The van der Waals surface area contributed by atoms with Crippen LogP contribution in [0.4, 0.5) is 15.8 Å². The summed E-state index contributed by atoms with van der Waals surface area (Å²) in [5.74, 6) is -0.00804. The van der Waals surface area contributed by atoms with E-state index in [-0.39, 0.29) is 24.2 Å². The third-order valence-corrected chi connectivity index (χ3v) is 5.97. The van der Waals surface area contributed by atoms with Crippen LogP contribution in [0.5, 0.6) is 0 Å². The van der Waals surface area contributed by atoms with Crippen LogP contribution < -0.4 is 9.80 Å². The number of carbonyl (C=O) groups excluding carboxylic acids is 2. The topological polar surface area (TPSA) is 43.9 Å². The Morgan fingerprint density at radius 1 is 0.963 bits per heavy atom. The van der Waals surface area contributed by atoms with Gasteiger partial charge in [0.25, 0.3) is 0 Å². The van der Waals surface area contributed by atoms with E-state index >= 15 is 0 Å². The van der Waals surface area contributed by atoms with Gasteiger partial charge < -0.3 is 14.7 Å². The highest BCUT2D eigenvalue weighted by atomic mass is 32.2. The molecule has 27 heavy (non-hydrogen) atoms. The van der Waals surface area contributed by atoms with Crippen LogP contribution in [0.1, 0.15) is 0 Å². The molecule has 0 unspecified atom stereocenters. The van der Waals surface area contributed by atoms with Crippen molar-refractivity contribution in [1.82, 2.24) is 4.90 Å². The van der Waals surface area contributed by atoms with Gasteiger partial charge in [0.05, 0.1) is 17.1 Å². The maximum Gasteiger partial charge on any atom is 0.242 e. The van der Waals surface area contributed by atoms with E-state index in [0.29, 0.717) is 37.6 Å².